The van der Waals surface area contributed by atoms with Gasteiger partial charge in [0.1, 0.15) is 5.82 Å². The highest BCUT2D eigenvalue weighted by molar-refractivity contribution is 5.94. The number of nitrogens with one attached hydrogen (secondary N) is 1. The van der Waals surface area contributed by atoms with E-state index in [1.165, 1.54) is 0 Å². The fourth-order valence-electron chi connectivity index (χ4n) is 3.26. The van der Waals surface area contributed by atoms with Crippen LogP contribution >= 0.6 is 0 Å². The van der Waals surface area contributed by atoms with Gasteiger partial charge in [-0.2, -0.15) is 0 Å². The number of hydrogen-bond acceptors (Lipinski definition) is 4. The maximum atomic E-state index is 12.4. The van der Waals surface area contributed by atoms with Crippen molar-refractivity contribution in [1.29, 1.82) is 0 Å². The van der Waals surface area contributed by atoms with Crippen LogP contribution in [0.5, 0.6) is 0 Å². The Morgan fingerprint density at radius 2 is 2.16 bits per heavy atom. The number of hydrogen-bond donors (Lipinski definition) is 1. The normalized spacial score (nSPS) is 17.8. The van der Waals surface area contributed by atoms with Gasteiger partial charge in [-0.1, -0.05) is 12.1 Å². The molecule has 1 fully saturated rings. The van der Waals surface area contributed by atoms with Crippen molar-refractivity contribution in [3.05, 3.63) is 42.2 Å². The predicted octanol–water partition coefficient (Wildman–Crippen LogP) is 1.79. The Labute approximate surface area is 148 Å². The standard InChI is InChI=1S/C19H26N4O2/c1-22-10-8-20-18(22)16-3-5-17(6-4-16)19(24)21-13-15-7-9-23(14-15)11-12-25-2/h3-6,8,10,15H,7,9,11-14H2,1-2H3,(H,21,24). The number of likely N-dealkylation sites (tertiary alicyclic amines) is 1. The molecular formula is C19H26N4O2. The first-order valence-corrected chi connectivity index (χ1v) is 8.74. The van der Waals surface area contributed by atoms with Crippen molar-refractivity contribution in [3.8, 4) is 11.4 Å². The lowest BCUT2D eigenvalue weighted by atomic mass is 10.1. The van der Waals surface area contributed by atoms with Crippen LogP contribution in [-0.2, 0) is 11.8 Å². The zero-order chi connectivity index (χ0) is 17.6. The van der Waals surface area contributed by atoms with Crippen LogP contribution in [0.2, 0.25) is 0 Å². The van der Waals surface area contributed by atoms with E-state index in [1.54, 1.807) is 13.3 Å². The minimum atomic E-state index is -0.0123. The number of amides is 1. The van der Waals surface area contributed by atoms with Crippen LogP contribution < -0.4 is 5.32 Å². The molecule has 134 valence electrons. The molecule has 25 heavy (non-hydrogen) atoms. The number of carbonyl (C=O) groups excluding carboxylic acids is 1. The Bertz CT molecular complexity index is 696. The van der Waals surface area contributed by atoms with E-state index in [9.17, 15) is 4.79 Å². The highest BCUT2D eigenvalue weighted by atomic mass is 16.5. The molecular weight excluding hydrogens is 316 g/mol. The first kappa shape index (κ1) is 17.6. The van der Waals surface area contributed by atoms with Crippen molar-refractivity contribution in [2.24, 2.45) is 13.0 Å². The molecule has 6 heteroatoms. The molecule has 2 aromatic rings. The molecule has 1 atom stereocenters. The quantitative estimate of drug-likeness (QED) is 0.833. The summed E-state index contributed by atoms with van der Waals surface area (Å²) < 4.78 is 7.08. The summed E-state index contributed by atoms with van der Waals surface area (Å²) in [6, 6.07) is 7.61. The van der Waals surface area contributed by atoms with Gasteiger partial charge >= 0.3 is 0 Å². The highest BCUT2D eigenvalue weighted by Crippen LogP contribution is 2.18. The van der Waals surface area contributed by atoms with Crippen molar-refractivity contribution in [3.63, 3.8) is 0 Å². The van der Waals surface area contributed by atoms with Gasteiger partial charge in [-0.3, -0.25) is 4.79 Å². The van der Waals surface area contributed by atoms with Crippen molar-refractivity contribution in [2.45, 2.75) is 6.42 Å². The van der Waals surface area contributed by atoms with Crippen LogP contribution in [0.4, 0.5) is 0 Å². The Morgan fingerprint density at radius 3 is 2.84 bits per heavy atom. The van der Waals surface area contributed by atoms with E-state index >= 15 is 0 Å². The van der Waals surface area contributed by atoms with Gasteiger partial charge < -0.3 is 19.5 Å². The first-order valence-electron chi connectivity index (χ1n) is 8.74. The fourth-order valence-corrected chi connectivity index (χ4v) is 3.26. The maximum Gasteiger partial charge on any atom is 0.251 e. The largest absolute Gasteiger partial charge is 0.383 e. The highest BCUT2D eigenvalue weighted by Gasteiger charge is 2.22. The number of rotatable bonds is 7. The van der Waals surface area contributed by atoms with Crippen molar-refractivity contribution in [2.75, 3.05) is 39.9 Å². The van der Waals surface area contributed by atoms with E-state index in [2.05, 4.69) is 15.2 Å². The van der Waals surface area contributed by atoms with Gasteiger partial charge in [0.15, 0.2) is 0 Å². The van der Waals surface area contributed by atoms with Gasteiger partial charge in [-0.15, -0.1) is 0 Å². The number of benzene rings is 1. The second-order valence-corrected chi connectivity index (χ2v) is 6.60. The summed E-state index contributed by atoms with van der Waals surface area (Å²) in [5.41, 5.74) is 1.70. The number of aryl methyl sites for hydroxylation is 1. The minimum absolute atomic E-state index is 0.0123. The van der Waals surface area contributed by atoms with E-state index in [4.69, 9.17) is 4.74 Å². The Morgan fingerprint density at radius 1 is 1.36 bits per heavy atom. The van der Waals surface area contributed by atoms with Crippen molar-refractivity contribution >= 4 is 5.91 Å². The fraction of sp³-hybridized carbons (Fsp3) is 0.474. The molecule has 0 spiro atoms. The summed E-state index contributed by atoms with van der Waals surface area (Å²) in [5, 5.41) is 3.07. The Kier molecular flexibility index (Phi) is 5.83. The van der Waals surface area contributed by atoms with Gasteiger partial charge in [0.05, 0.1) is 6.61 Å². The minimum Gasteiger partial charge on any atom is -0.383 e. The van der Waals surface area contributed by atoms with Gasteiger partial charge in [0.25, 0.3) is 5.91 Å². The molecule has 1 amide bonds. The smallest absolute Gasteiger partial charge is 0.251 e. The molecule has 1 unspecified atom stereocenters. The van der Waals surface area contributed by atoms with Gasteiger partial charge in [0, 0.05) is 57.3 Å². The van der Waals surface area contributed by atoms with E-state index < -0.39 is 0 Å². The predicted molar refractivity (Wildman–Crippen MR) is 97.4 cm³/mol. The van der Waals surface area contributed by atoms with Gasteiger partial charge in [-0.25, -0.2) is 4.98 Å². The number of ether oxygens (including phenoxy) is 1. The molecule has 6 nitrogen and oxygen atoms in total. The molecule has 1 aromatic carbocycles. The second-order valence-electron chi connectivity index (χ2n) is 6.60. The third-order valence-corrected chi connectivity index (χ3v) is 4.76. The number of nitrogens with zero attached hydrogens (tertiary/aromatic N) is 3. The topological polar surface area (TPSA) is 59.4 Å². The van der Waals surface area contributed by atoms with E-state index in [1.807, 2.05) is 42.1 Å². The van der Waals surface area contributed by atoms with Crippen LogP contribution in [0.15, 0.2) is 36.7 Å². The molecule has 3 rings (SSSR count). The van der Waals surface area contributed by atoms with Gasteiger partial charge in [-0.05, 0) is 31.0 Å². The molecule has 0 bridgehead atoms. The molecule has 0 aliphatic carbocycles. The number of imidazole rings is 1. The summed E-state index contributed by atoms with van der Waals surface area (Å²) in [5.74, 6) is 1.41. The molecule has 1 N–H and O–H groups in total. The van der Waals surface area contributed by atoms with E-state index in [0.29, 0.717) is 11.5 Å². The van der Waals surface area contributed by atoms with Crippen LogP contribution in [-0.4, -0.2) is 60.3 Å². The number of aromatic nitrogens is 2. The number of carbonyl (C=O) groups is 1. The lowest BCUT2D eigenvalue weighted by Crippen LogP contribution is -2.31. The van der Waals surface area contributed by atoms with Crippen LogP contribution in [0.25, 0.3) is 11.4 Å². The van der Waals surface area contributed by atoms with E-state index in [0.717, 1.165) is 50.6 Å². The molecule has 0 saturated carbocycles. The monoisotopic (exact) mass is 342 g/mol. The number of methoxy groups -OCH3 is 1. The second kappa shape index (κ2) is 8.27. The maximum absolute atomic E-state index is 12.4. The molecule has 2 heterocycles. The molecule has 1 aromatic heterocycles. The lowest BCUT2D eigenvalue weighted by Gasteiger charge is -2.15. The summed E-state index contributed by atoms with van der Waals surface area (Å²) in [6.07, 6.45) is 4.81. The Balaban J connectivity index is 1.50. The van der Waals surface area contributed by atoms with Crippen LogP contribution in [0, 0.1) is 5.92 Å². The average molecular weight is 342 g/mol. The molecule has 1 aliphatic rings. The van der Waals surface area contributed by atoms with E-state index in [-0.39, 0.29) is 5.91 Å². The van der Waals surface area contributed by atoms with Crippen LogP contribution in [0.3, 0.4) is 0 Å². The van der Waals surface area contributed by atoms with Crippen LogP contribution in [0.1, 0.15) is 16.8 Å². The third-order valence-electron chi connectivity index (χ3n) is 4.76. The third kappa shape index (κ3) is 4.46. The SMILES string of the molecule is COCCN1CCC(CNC(=O)c2ccc(-c3nccn3C)cc2)C1. The lowest BCUT2D eigenvalue weighted by molar-refractivity contribution is 0.0946. The van der Waals surface area contributed by atoms with Crippen molar-refractivity contribution in [1.82, 2.24) is 19.8 Å². The van der Waals surface area contributed by atoms with Gasteiger partial charge in [0.2, 0.25) is 0 Å². The zero-order valence-electron chi connectivity index (χ0n) is 14.9. The summed E-state index contributed by atoms with van der Waals surface area (Å²) in [4.78, 5) is 19.1. The van der Waals surface area contributed by atoms with Crippen molar-refractivity contribution < 1.29 is 9.53 Å². The zero-order valence-corrected chi connectivity index (χ0v) is 14.9. The summed E-state index contributed by atoms with van der Waals surface area (Å²) in [7, 11) is 3.69. The molecule has 1 aliphatic heterocycles. The first-order chi connectivity index (χ1) is 12.2. The summed E-state index contributed by atoms with van der Waals surface area (Å²) >= 11 is 0. The molecule has 0 radical (unpaired) electrons. The molecule has 1 saturated heterocycles. The Hall–Kier alpha value is -2.18. The average Bonchev–Trinajstić information content (AvgIpc) is 3.27. The summed E-state index contributed by atoms with van der Waals surface area (Å²) in [6.45, 7) is 4.57.